The van der Waals surface area contributed by atoms with Crippen LogP contribution in [0.3, 0.4) is 0 Å². The summed E-state index contributed by atoms with van der Waals surface area (Å²) in [5.41, 5.74) is 0.866. The van der Waals surface area contributed by atoms with Crippen molar-refractivity contribution in [1.82, 2.24) is 14.5 Å². The number of anilines is 1. The van der Waals surface area contributed by atoms with Gasteiger partial charge in [-0.3, -0.25) is 0 Å². The lowest BCUT2D eigenvalue weighted by Gasteiger charge is -2.37. The van der Waals surface area contributed by atoms with Crippen LogP contribution < -0.4 is 4.90 Å². The van der Waals surface area contributed by atoms with Crippen LogP contribution in [0.25, 0.3) is 0 Å². The van der Waals surface area contributed by atoms with E-state index in [0.29, 0.717) is 26.2 Å². The summed E-state index contributed by atoms with van der Waals surface area (Å²) in [6, 6.07) is 3.86. The lowest BCUT2D eigenvalue weighted by molar-refractivity contribution is 0.0328. The molecule has 2 aliphatic heterocycles. The SMILES string of the molecule is CCS(=O)(=O)N1C[C@@H]2OCCN(c3ccc(C)nn3)[C@@H]2C1. The first-order valence-electron chi connectivity index (χ1n) is 7.17. The summed E-state index contributed by atoms with van der Waals surface area (Å²) in [4.78, 5) is 2.12. The quantitative estimate of drug-likeness (QED) is 0.783. The van der Waals surface area contributed by atoms with Crippen LogP contribution in [0.5, 0.6) is 0 Å². The molecule has 116 valence electrons. The van der Waals surface area contributed by atoms with E-state index in [4.69, 9.17) is 4.74 Å². The first kappa shape index (κ1) is 14.7. The number of fused-ring (bicyclic) bond motifs is 1. The number of ether oxygens (including phenoxy) is 1. The molecule has 0 amide bonds. The molecule has 1 aromatic rings. The van der Waals surface area contributed by atoms with Crippen molar-refractivity contribution in [3.8, 4) is 0 Å². The highest BCUT2D eigenvalue weighted by Gasteiger charge is 2.44. The van der Waals surface area contributed by atoms with Crippen LogP contribution in [0.4, 0.5) is 5.82 Å². The van der Waals surface area contributed by atoms with Crippen molar-refractivity contribution >= 4 is 15.8 Å². The van der Waals surface area contributed by atoms with Gasteiger partial charge in [-0.25, -0.2) is 8.42 Å². The van der Waals surface area contributed by atoms with Crippen molar-refractivity contribution in [3.05, 3.63) is 17.8 Å². The molecule has 2 atom stereocenters. The summed E-state index contributed by atoms with van der Waals surface area (Å²) in [5, 5.41) is 8.31. The van der Waals surface area contributed by atoms with Gasteiger partial charge >= 0.3 is 0 Å². The number of sulfonamides is 1. The average molecular weight is 312 g/mol. The molecule has 0 bridgehead atoms. The Morgan fingerprint density at radius 3 is 2.81 bits per heavy atom. The molecule has 0 radical (unpaired) electrons. The molecule has 21 heavy (non-hydrogen) atoms. The van der Waals surface area contributed by atoms with Crippen molar-refractivity contribution in [2.24, 2.45) is 0 Å². The van der Waals surface area contributed by atoms with E-state index in [0.717, 1.165) is 11.5 Å². The molecule has 2 aliphatic rings. The Morgan fingerprint density at radius 1 is 1.33 bits per heavy atom. The summed E-state index contributed by atoms with van der Waals surface area (Å²) in [5.74, 6) is 0.909. The Labute approximate surface area is 125 Å². The van der Waals surface area contributed by atoms with E-state index in [1.54, 1.807) is 6.92 Å². The zero-order valence-corrected chi connectivity index (χ0v) is 13.1. The third kappa shape index (κ3) is 2.75. The normalized spacial score (nSPS) is 26.9. The summed E-state index contributed by atoms with van der Waals surface area (Å²) < 4.78 is 31.4. The Hall–Kier alpha value is -1.25. The second-order valence-corrected chi connectivity index (χ2v) is 7.68. The molecule has 3 rings (SSSR count). The van der Waals surface area contributed by atoms with Gasteiger partial charge in [0.25, 0.3) is 0 Å². The average Bonchev–Trinajstić information content (AvgIpc) is 2.93. The molecule has 1 aromatic heterocycles. The molecule has 0 saturated carbocycles. The van der Waals surface area contributed by atoms with Crippen molar-refractivity contribution in [3.63, 3.8) is 0 Å². The Balaban J connectivity index is 1.83. The van der Waals surface area contributed by atoms with Gasteiger partial charge in [-0.2, -0.15) is 9.40 Å². The lowest BCUT2D eigenvalue weighted by Crippen LogP contribution is -2.51. The maximum Gasteiger partial charge on any atom is 0.213 e. The van der Waals surface area contributed by atoms with Gasteiger partial charge in [0.05, 0.1) is 30.2 Å². The van der Waals surface area contributed by atoms with Crippen molar-refractivity contribution in [2.45, 2.75) is 26.0 Å². The fourth-order valence-electron chi connectivity index (χ4n) is 2.89. The molecule has 0 spiro atoms. The molecule has 0 N–H and O–H groups in total. The second kappa shape index (κ2) is 5.51. The van der Waals surface area contributed by atoms with Gasteiger partial charge in [0.15, 0.2) is 5.82 Å². The third-order valence-electron chi connectivity index (χ3n) is 4.10. The minimum atomic E-state index is -3.18. The molecule has 3 heterocycles. The first-order chi connectivity index (χ1) is 10.0. The molecule has 2 fully saturated rings. The van der Waals surface area contributed by atoms with Crippen LogP contribution in [-0.4, -0.2) is 67.1 Å². The Kier molecular flexibility index (Phi) is 3.85. The summed E-state index contributed by atoms with van der Waals surface area (Å²) >= 11 is 0. The van der Waals surface area contributed by atoms with Gasteiger partial charge in [-0.1, -0.05) is 0 Å². The maximum atomic E-state index is 12.1. The van der Waals surface area contributed by atoms with E-state index in [1.807, 2.05) is 19.1 Å². The number of aromatic nitrogens is 2. The van der Waals surface area contributed by atoms with Gasteiger partial charge in [0, 0.05) is 19.6 Å². The minimum Gasteiger partial charge on any atom is -0.373 e. The molecule has 0 aliphatic carbocycles. The zero-order valence-electron chi connectivity index (χ0n) is 12.3. The van der Waals surface area contributed by atoms with Gasteiger partial charge in [-0.05, 0) is 26.0 Å². The molecule has 7 nitrogen and oxygen atoms in total. The predicted molar refractivity (Wildman–Crippen MR) is 78.7 cm³/mol. The van der Waals surface area contributed by atoms with Gasteiger partial charge < -0.3 is 9.64 Å². The number of aryl methyl sites for hydroxylation is 1. The summed E-state index contributed by atoms with van der Waals surface area (Å²) in [6.45, 7) is 5.73. The van der Waals surface area contributed by atoms with Gasteiger partial charge in [0.1, 0.15) is 0 Å². The third-order valence-corrected chi connectivity index (χ3v) is 5.92. The monoisotopic (exact) mass is 312 g/mol. The highest BCUT2D eigenvalue weighted by atomic mass is 32.2. The number of hydrogen-bond acceptors (Lipinski definition) is 6. The number of rotatable bonds is 3. The van der Waals surface area contributed by atoms with Crippen molar-refractivity contribution < 1.29 is 13.2 Å². The van der Waals surface area contributed by atoms with Crippen LogP contribution >= 0.6 is 0 Å². The summed E-state index contributed by atoms with van der Waals surface area (Å²) in [7, 11) is -3.18. The first-order valence-corrected chi connectivity index (χ1v) is 8.78. The molecular formula is C13H20N4O3S. The van der Waals surface area contributed by atoms with Crippen LogP contribution in [0, 0.1) is 6.92 Å². The molecule has 0 unspecified atom stereocenters. The van der Waals surface area contributed by atoms with E-state index in [-0.39, 0.29) is 17.9 Å². The largest absolute Gasteiger partial charge is 0.373 e. The zero-order chi connectivity index (χ0) is 15.0. The van der Waals surface area contributed by atoms with E-state index in [2.05, 4.69) is 15.1 Å². The van der Waals surface area contributed by atoms with Crippen molar-refractivity contribution in [1.29, 1.82) is 0 Å². The van der Waals surface area contributed by atoms with E-state index >= 15 is 0 Å². The summed E-state index contributed by atoms with van der Waals surface area (Å²) in [6.07, 6.45) is -0.0943. The van der Waals surface area contributed by atoms with E-state index in [9.17, 15) is 8.42 Å². The maximum absolute atomic E-state index is 12.1. The highest BCUT2D eigenvalue weighted by molar-refractivity contribution is 7.89. The van der Waals surface area contributed by atoms with Crippen LogP contribution in [0.1, 0.15) is 12.6 Å². The topological polar surface area (TPSA) is 75.6 Å². The number of morpholine rings is 1. The lowest BCUT2D eigenvalue weighted by atomic mass is 10.1. The smallest absolute Gasteiger partial charge is 0.213 e. The molecular weight excluding hydrogens is 292 g/mol. The highest BCUT2D eigenvalue weighted by Crippen LogP contribution is 2.28. The number of hydrogen-bond donors (Lipinski definition) is 0. The predicted octanol–water partition coefficient (Wildman–Crippen LogP) is 0.0241. The van der Waals surface area contributed by atoms with Crippen molar-refractivity contribution in [2.75, 3.05) is 36.9 Å². The standard InChI is InChI=1S/C13H20N4O3S/c1-3-21(18,19)16-8-11-12(9-16)20-7-6-17(11)13-5-4-10(2)14-15-13/h4-5,11-12H,3,6-9H2,1-2H3/t11-,12+/m1/s1. The molecule has 8 heteroatoms. The van der Waals surface area contributed by atoms with Crippen LogP contribution in [0.15, 0.2) is 12.1 Å². The van der Waals surface area contributed by atoms with Gasteiger partial charge in [-0.15, -0.1) is 5.10 Å². The van der Waals surface area contributed by atoms with Crippen LogP contribution in [-0.2, 0) is 14.8 Å². The van der Waals surface area contributed by atoms with Gasteiger partial charge in [0.2, 0.25) is 10.0 Å². The van der Waals surface area contributed by atoms with E-state index < -0.39 is 10.0 Å². The second-order valence-electron chi connectivity index (χ2n) is 5.42. The molecule has 0 aromatic carbocycles. The number of nitrogens with zero attached hydrogens (tertiary/aromatic N) is 4. The minimum absolute atomic E-state index is 0.0112. The van der Waals surface area contributed by atoms with Crippen LogP contribution in [0.2, 0.25) is 0 Å². The fraction of sp³-hybridized carbons (Fsp3) is 0.692. The molecule has 2 saturated heterocycles. The Morgan fingerprint density at radius 2 is 2.14 bits per heavy atom. The Bertz CT molecular complexity index is 604. The van der Waals surface area contributed by atoms with E-state index in [1.165, 1.54) is 4.31 Å². The fourth-order valence-corrected chi connectivity index (χ4v) is 4.01.